The SMILES string of the molecule is C[C@H]1CCCCN1C(=N)n1cc(O[C@@H]2CC[C@H](NC(=O)Nc3cc(C(C)(C)C)nn3-c3cc(CN4CCCC4)ccc3F)c3ccccc32)ccc1=N. The van der Waals surface area contributed by atoms with Crippen LogP contribution in [0.5, 0.6) is 5.75 Å². The number of benzene rings is 2. The lowest BCUT2D eigenvalue weighted by Crippen LogP contribution is -2.47. The van der Waals surface area contributed by atoms with Crippen LogP contribution in [-0.4, -0.2) is 61.8 Å². The largest absolute Gasteiger partial charge is 0.484 e. The van der Waals surface area contributed by atoms with Gasteiger partial charge in [0, 0.05) is 30.6 Å². The molecule has 53 heavy (non-hydrogen) atoms. The van der Waals surface area contributed by atoms with Crippen molar-refractivity contribution in [3.63, 3.8) is 0 Å². The first kappa shape index (κ1) is 36.4. The predicted octanol–water partition coefficient (Wildman–Crippen LogP) is 7.62. The number of aromatic nitrogens is 3. The van der Waals surface area contributed by atoms with E-state index in [4.69, 9.17) is 20.7 Å². The first-order chi connectivity index (χ1) is 25.4. The van der Waals surface area contributed by atoms with E-state index in [2.05, 4.69) is 27.4 Å². The molecule has 2 aromatic heterocycles. The fourth-order valence-corrected chi connectivity index (χ4v) is 7.81. The minimum atomic E-state index is -0.407. The van der Waals surface area contributed by atoms with Crippen molar-refractivity contribution in [2.75, 3.05) is 25.0 Å². The Hall–Kier alpha value is -4.97. The molecular formula is C41H52FN9O2. The van der Waals surface area contributed by atoms with Crippen molar-refractivity contribution in [3.8, 4) is 11.4 Å². The molecule has 3 atom stereocenters. The molecule has 4 heterocycles. The number of nitrogens with zero attached hydrogens (tertiary/aromatic N) is 5. The molecule has 7 rings (SSSR count). The second kappa shape index (κ2) is 15.2. The van der Waals surface area contributed by atoms with Crippen LogP contribution in [0.1, 0.15) is 107 Å². The molecule has 4 N–H and O–H groups in total. The summed E-state index contributed by atoms with van der Waals surface area (Å²) in [4.78, 5) is 18.2. The van der Waals surface area contributed by atoms with E-state index in [1.807, 2.05) is 63.2 Å². The highest BCUT2D eigenvalue weighted by atomic mass is 19.1. The fraction of sp³-hybridized carbons (Fsp3) is 0.463. The van der Waals surface area contributed by atoms with Crippen molar-refractivity contribution in [2.24, 2.45) is 0 Å². The smallest absolute Gasteiger partial charge is 0.320 e. The highest BCUT2D eigenvalue weighted by molar-refractivity contribution is 5.89. The summed E-state index contributed by atoms with van der Waals surface area (Å²) in [5.41, 5.74) is 3.88. The van der Waals surface area contributed by atoms with Crippen molar-refractivity contribution < 1.29 is 13.9 Å². The van der Waals surface area contributed by atoms with Crippen LogP contribution in [0.2, 0.25) is 0 Å². The van der Waals surface area contributed by atoms with Crippen LogP contribution < -0.4 is 20.9 Å². The first-order valence-electron chi connectivity index (χ1n) is 19.0. The number of likely N-dealkylation sites (tertiary alicyclic amines) is 2. The molecule has 0 spiro atoms. The number of ether oxygens (including phenoxy) is 1. The average molecular weight is 722 g/mol. The molecule has 4 aromatic rings. The van der Waals surface area contributed by atoms with E-state index in [9.17, 15) is 4.79 Å². The van der Waals surface area contributed by atoms with E-state index >= 15 is 4.39 Å². The Morgan fingerprint density at radius 2 is 1.72 bits per heavy atom. The molecule has 2 aliphatic heterocycles. The van der Waals surface area contributed by atoms with Crippen molar-refractivity contribution in [1.29, 1.82) is 10.8 Å². The van der Waals surface area contributed by atoms with Crippen molar-refractivity contribution in [1.82, 2.24) is 29.5 Å². The molecule has 0 bridgehead atoms. The van der Waals surface area contributed by atoms with E-state index in [0.29, 0.717) is 36.1 Å². The van der Waals surface area contributed by atoms with E-state index in [-0.39, 0.29) is 29.1 Å². The number of pyridine rings is 1. The van der Waals surface area contributed by atoms with Gasteiger partial charge in [-0.25, -0.2) is 13.9 Å². The normalized spacial score (nSPS) is 20.5. The number of rotatable bonds is 7. The van der Waals surface area contributed by atoms with Crippen LogP contribution >= 0.6 is 0 Å². The second-order valence-corrected chi connectivity index (χ2v) is 15.8. The number of piperidine rings is 1. The van der Waals surface area contributed by atoms with Gasteiger partial charge in [-0.3, -0.25) is 25.6 Å². The highest BCUT2D eigenvalue weighted by Crippen LogP contribution is 2.39. The third kappa shape index (κ3) is 8.02. The van der Waals surface area contributed by atoms with Gasteiger partial charge in [0.15, 0.2) is 0 Å². The first-order valence-corrected chi connectivity index (χ1v) is 19.0. The van der Waals surface area contributed by atoms with E-state index in [0.717, 1.165) is 67.8 Å². The Bertz CT molecular complexity index is 2030. The Balaban J connectivity index is 1.08. The van der Waals surface area contributed by atoms with Crippen LogP contribution in [0.25, 0.3) is 5.69 Å². The maximum absolute atomic E-state index is 15.5. The lowest BCUT2D eigenvalue weighted by atomic mass is 9.85. The Kier molecular flexibility index (Phi) is 10.4. The van der Waals surface area contributed by atoms with Crippen LogP contribution in [0.3, 0.4) is 0 Å². The van der Waals surface area contributed by atoms with Gasteiger partial charge in [0.1, 0.15) is 34.7 Å². The molecule has 0 radical (unpaired) electrons. The third-order valence-corrected chi connectivity index (χ3v) is 10.8. The molecule has 3 aliphatic rings. The van der Waals surface area contributed by atoms with Gasteiger partial charge >= 0.3 is 6.03 Å². The minimum absolute atomic E-state index is 0.230. The number of amides is 2. The number of fused-ring (bicyclic) bond motifs is 1. The van der Waals surface area contributed by atoms with Gasteiger partial charge in [0.25, 0.3) is 0 Å². The van der Waals surface area contributed by atoms with Gasteiger partial charge in [-0.05, 0) is 106 Å². The van der Waals surface area contributed by atoms with Crippen LogP contribution in [0, 0.1) is 16.6 Å². The molecular weight excluding hydrogens is 670 g/mol. The Morgan fingerprint density at radius 1 is 0.962 bits per heavy atom. The molecule has 0 unspecified atom stereocenters. The van der Waals surface area contributed by atoms with E-state index in [1.165, 1.54) is 23.6 Å². The van der Waals surface area contributed by atoms with Crippen LogP contribution in [0.4, 0.5) is 15.0 Å². The third-order valence-electron chi connectivity index (χ3n) is 10.8. The predicted molar refractivity (Wildman–Crippen MR) is 204 cm³/mol. The summed E-state index contributed by atoms with van der Waals surface area (Å²) in [6.45, 7) is 11.9. The standard InChI is InChI=1S/C41H52FN9O2/c1-27-11-7-8-22-49(27)39(44)50-26-29(15-19-37(50)43)53-35-18-17-33(30-12-5-6-13-31(30)35)45-40(52)46-38-24-36(41(2,3)4)47-51(38)34-23-28(14-16-32(34)42)25-48-20-9-10-21-48/h5-6,12-16,19,23-24,26-27,33,35,43-44H,7-11,17-18,20-22,25H2,1-4H3,(H2,45,46,52)/t27-,33-,35+/m0/s1. The number of halogens is 1. The zero-order valence-electron chi connectivity index (χ0n) is 31.3. The highest BCUT2D eigenvalue weighted by Gasteiger charge is 2.31. The quantitative estimate of drug-likeness (QED) is 0.115. The zero-order valence-corrected chi connectivity index (χ0v) is 31.3. The van der Waals surface area contributed by atoms with Gasteiger partial charge in [-0.1, -0.05) is 51.1 Å². The van der Waals surface area contributed by atoms with Gasteiger partial charge < -0.3 is 15.0 Å². The molecule has 11 nitrogen and oxygen atoms in total. The summed E-state index contributed by atoms with van der Waals surface area (Å²) in [5, 5.41) is 28.4. The summed E-state index contributed by atoms with van der Waals surface area (Å²) in [5.74, 6) is 0.861. The minimum Gasteiger partial charge on any atom is -0.484 e. The van der Waals surface area contributed by atoms with Crippen molar-refractivity contribution in [3.05, 3.63) is 101 Å². The topological polar surface area (TPSA) is 127 Å². The number of anilines is 1. The van der Waals surface area contributed by atoms with E-state index < -0.39 is 11.8 Å². The lowest BCUT2D eigenvalue weighted by Gasteiger charge is -2.36. The fourth-order valence-electron chi connectivity index (χ4n) is 7.81. The van der Waals surface area contributed by atoms with Gasteiger partial charge in [-0.2, -0.15) is 5.10 Å². The van der Waals surface area contributed by atoms with Gasteiger partial charge in [0.2, 0.25) is 5.96 Å². The molecule has 2 fully saturated rings. The molecule has 1 aliphatic carbocycles. The maximum Gasteiger partial charge on any atom is 0.320 e. The van der Waals surface area contributed by atoms with Gasteiger partial charge in [0.05, 0.1) is 17.9 Å². The van der Waals surface area contributed by atoms with Crippen molar-refractivity contribution >= 4 is 17.8 Å². The molecule has 2 saturated heterocycles. The average Bonchev–Trinajstić information content (AvgIpc) is 3.81. The van der Waals surface area contributed by atoms with Gasteiger partial charge in [-0.15, -0.1) is 0 Å². The summed E-state index contributed by atoms with van der Waals surface area (Å²) in [6.07, 6.45) is 8.33. The summed E-state index contributed by atoms with van der Waals surface area (Å²) >= 11 is 0. The number of carbonyl (C=O) groups excluding carboxylic acids is 1. The number of hydrogen-bond acceptors (Lipinski definition) is 6. The summed E-state index contributed by atoms with van der Waals surface area (Å²) in [7, 11) is 0. The summed E-state index contributed by atoms with van der Waals surface area (Å²) in [6, 6.07) is 18.0. The molecule has 12 heteroatoms. The molecule has 2 amide bonds. The maximum atomic E-state index is 15.5. The second-order valence-electron chi connectivity index (χ2n) is 15.8. The molecule has 280 valence electrons. The molecule has 2 aromatic carbocycles. The van der Waals surface area contributed by atoms with Crippen molar-refractivity contribution in [2.45, 2.75) is 103 Å². The monoisotopic (exact) mass is 721 g/mol. The van der Waals surface area contributed by atoms with Crippen LogP contribution in [0.15, 0.2) is 66.9 Å². The van der Waals surface area contributed by atoms with E-state index in [1.54, 1.807) is 22.9 Å². The summed E-state index contributed by atoms with van der Waals surface area (Å²) < 4.78 is 25.1. The number of urea groups is 1. The Labute approximate surface area is 311 Å². The number of carbonyl (C=O) groups is 1. The Morgan fingerprint density at radius 3 is 2.47 bits per heavy atom. The number of hydrogen-bond donors (Lipinski definition) is 4. The lowest BCUT2D eigenvalue weighted by molar-refractivity contribution is 0.171. The zero-order chi connectivity index (χ0) is 37.3. The molecule has 0 saturated carbocycles. The van der Waals surface area contributed by atoms with Crippen LogP contribution in [-0.2, 0) is 12.0 Å². The number of nitrogens with one attached hydrogen (secondary N) is 4.